The maximum atomic E-state index is 12.5. The second kappa shape index (κ2) is 8.52. The molecule has 2 aliphatic heterocycles. The van der Waals surface area contributed by atoms with Gasteiger partial charge in [0.2, 0.25) is 0 Å². The molecule has 4 N–H and O–H groups in total. The van der Waals surface area contributed by atoms with Gasteiger partial charge in [0.15, 0.2) is 5.65 Å². The number of nitrogens with zero attached hydrogens (tertiary/aromatic N) is 3. The normalized spacial score (nSPS) is 18.4. The number of fused-ring (bicyclic) bond motifs is 1. The number of hydrogen-bond donors (Lipinski definition) is 4. The number of carbonyl (C=O) groups is 2. The van der Waals surface area contributed by atoms with E-state index >= 15 is 0 Å². The van der Waals surface area contributed by atoms with Crippen LogP contribution in [-0.2, 0) is 25.7 Å². The summed E-state index contributed by atoms with van der Waals surface area (Å²) in [5.41, 5.74) is 3.68. The van der Waals surface area contributed by atoms with Crippen molar-refractivity contribution in [2.24, 2.45) is 0 Å². The number of aromatic nitrogens is 3. The van der Waals surface area contributed by atoms with Crippen molar-refractivity contribution in [3.8, 4) is 0 Å². The molecule has 2 aliphatic rings. The van der Waals surface area contributed by atoms with Gasteiger partial charge < -0.3 is 20.7 Å². The van der Waals surface area contributed by atoms with E-state index in [0.29, 0.717) is 31.0 Å². The summed E-state index contributed by atoms with van der Waals surface area (Å²) in [7, 11) is 2.90. The van der Waals surface area contributed by atoms with Crippen molar-refractivity contribution in [1.29, 1.82) is 0 Å². The largest absolute Gasteiger partial charge is 0.381 e. The van der Waals surface area contributed by atoms with Crippen LogP contribution in [0.2, 0.25) is 0 Å². The standard InChI is InChI=1S/C20H27N7O4/c1-4-27-17-14(11-24-27)16(25-12-5-7-30-8-6-12)13(10-23-17)15-9-20(31-26-15,18(28)21-2)19(29)22-3/h9-12,26H,4-8H2,1-3H3,(H,21,28)(H,22,29)(H,23,25). The van der Waals surface area contributed by atoms with Gasteiger partial charge in [-0.15, -0.1) is 0 Å². The van der Waals surface area contributed by atoms with Crippen LogP contribution >= 0.6 is 0 Å². The van der Waals surface area contributed by atoms with Gasteiger partial charge in [0, 0.05) is 51.7 Å². The van der Waals surface area contributed by atoms with E-state index in [2.05, 4.69) is 31.5 Å². The van der Waals surface area contributed by atoms with E-state index in [0.717, 1.165) is 29.6 Å². The molecule has 0 saturated carbocycles. The van der Waals surface area contributed by atoms with Crippen molar-refractivity contribution in [3.63, 3.8) is 0 Å². The molecule has 0 aliphatic carbocycles. The SMILES string of the molecule is CCn1ncc2c(NC3CCOCC3)c(C3=CC(C(=O)NC)(C(=O)NC)ON3)cnc21. The zero-order valence-corrected chi connectivity index (χ0v) is 17.8. The molecule has 31 heavy (non-hydrogen) atoms. The third-order valence-electron chi connectivity index (χ3n) is 5.62. The minimum Gasteiger partial charge on any atom is -0.381 e. The maximum Gasteiger partial charge on any atom is 0.271 e. The third kappa shape index (κ3) is 3.59. The van der Waals surface area contributed by atoms with E-state index < -0.39 is 17.4 Å². The van der Waals surface area contributed by atoms with Gasteiger partial charge >= 0.3 is 0 Å². The molecule has 2 amide bonds. The van der Waals surface area contributed by atoms with Gasteiger partial charge in [-0.1, -0.05) is 0 Å². The van der Waals surface area contributed by atoms with Crippen LogP contribution in [0.5, 0.6) is 0 Å². The number of hydroxylamine groups is 1. The molecular formula is C20H27N7O4. The zero-order chi connectivity index (χ0) is 22.0. The van der Waals surface area contributed by atoms with Gasteiger partial charge in [-0.05, 0) is 25.8 Å². The summed E-state index contributed by atoms with van der Waals surface area (Å²) in [5.74, 6) is -1.16. The van der Waals surface area contributed by atoms with Gasteiger partial charge in [0.25, 0.3) is 17.4 Å². The Morgan fingerprint density at radius 3 is 2.58 bits per heavy atom. The fourth-order valence-corrected chi connectivity index (χ4v) is 3.89. The molecule has 0 aromatic carbocycles. The van der Waals surface area contributed by atoms with Crippen LogP contribution in [0.25, 0.3) is 16.7 Å². The van der Waals surface area contributed by atoms with Crippen LogP contribution in [0.1, 0.15) is 25.3 Å². The van der Waals surface area contributed by atoms with E-state index in [-0.39, 0.29) is 6.04 Å². The first kappa shape index (κ1) is 21.1. The minimum absolute atomic E-state index is 0.216. The summed E-state index contributed by atoms with van der Waals surface area (Å²) in [6.07, 6.45) is 6.69. The van der Waals surface area contributed by atoms with Crippen molar-refractivity contribution in [1.82, 2.24) is 30.9 Å². The second-order valence-electron chi connectivity index (χ2n) is 7.43. The van der Waals surface area contributed by atoms with Crippen LogP contribution in [-0.4, -0.2) is 65.5 Å². The first-order valence-corrected chi connectivity index (χ1v) is 10.3. The molecule has 1 saturated heterocycles. The zero-order valence-electron chi connectivity index (χ0n) is 17.8. The quantitative estimate of drug-likeness (QED) is 0.477. The Morgan fingerprint density at radius 1 is 1.23 bits per heavy atom. The highest BCUT2D eigenvalue weighted by atomic mass is 16.7. The molecule has 2 aromatic heterocycles. The smallest absolute Gasteiger partial charge is 0.271 e. The molecule has 0 bridgehead atoms. The lowest BCUT2D eigenvalue weighted by Gasteiger charge is -2.25. The summed E-state index contributed by atoms with van der Waals surface area (Å²) in [6.45, 7) is 4.07. The van der Waals surface area contributed by atoms with Gasteiger partial charge in [-0.2, -0.15) is 5.10 Å². The Balaban J connectivity index is 1.82. The summed E-state index contributed by atoms with van der Waals surface area (Å²) < 4.78 is 7.30. The molecule has 4 heterocycles. The topological polar surface area (TPSA) is 131 Å². The fraction of sp³-hybridized carbons (Fsp3) is 0.500. The van der Waals surface area contributed by atoms with E-state index in [1.807, 2.05) is 11.6 Å². The maximum absolute atomic E-state index is 12.5. The molecule has 0 radical (unpaired) electrons. The number of rotatable bonds is 6. The number of hydrogen-bond acceptors (Lipinski definition) is 8. The van der Waals surface area contributed by atoms with Crippen LogP contribution in [0, 0.1) is 0 Å². The molecule has 11 nitrogen and oxygen atoms in total. The van der Waals surface area contributed by atoms with Gasteiger partial charge in [-0.25, -0.2) is 14.5 Å². The second-order valence-corrected chi connectivity index (χ2v) is 7.43. The van der Waals surface area contributed by atoms with Gasteiger partial charge in [0.1, 0.15) is 0 Å². The highest BCUT2D eigenvalue weighted by Gasteiger charge is 2.49. The summed E-state index contributed by atoms with van der Waals surface area (Å²) >= 11 is 0. The van der Waals surface area contributed by atoms with E-state index in [1.165, 1.54) is 20.2 Å². The Hall–Kier alpha value is -3.18. The lowest BCUT2D eigenvalue weighted by molar-refractivity contribution is -0.156. The van der Waals surface area contributed by atoms with E-state index in [9.17, 15) is 9.59 Å². The third-order valence-corrected chi connectivity index (χ3v) is 5.62. The minimum atomic E-state index is -1.82. The van der Waals surface area contributed by atoms with Crippen molar-refractivity contribution in [2.45, 2.75) is 38.0 Å². The Kier molecular flexibility index (Phi) is 5.79. The van der Waals surface area contributed by atoms with Crippen molar-refractivity contribution in [2.75, 3.05) is 32.6 Å². The molecule has 1 fully saturated rings. The molecule has 2 aromatic rings. The number of anilines is 1. The highest BCUT2D eigenvalue weighted by molar-refractivity contribution is 6.12. The summed E-state index contributed by atoms with van der Waals surface area (Å²) in [5, 5.41) is 13.9. The number of carbonyl (C=O) groups excluding carboxylic acids is 2. The van der Waals surface area contributed by atoms with Crippen LogP contribution in [0.15, 0.2) is 18.5 Å². The average Bonchev–Trinajstić information content (AvgIpc) is 3.44. The van der Waals surface area contributed by atoms with Crippen molar-refractivity contribution < 1.29 is 19.2 Å². The van der Waals surface area contributed by atoms with Crippen LogP contribution in [0.3, 0.4) is 0 Å². The van der Waals surface area contributed by atoms with Crippen molar-refractivity contribution in [3.05, 3.63) is 24.0 Å². The van der Waals surface area contributed by atoms with Crippen LogP contribution < -0.4 is 21.4 Å². The molecule has 166 valence electrons. The lowest BCUT2D eigenvalue weighted by Crippen LogP contribution is -2.55. The Labute approximate surface area is 179 Å². The van der Waals surface area contributed by atoms with Crippen LogP contribution in [0.4, 0.5) is 5.69 Å². The lowest BCUT2D eigenvalue weighted by atomic mass is 9.98. The van der Waals surface area contributed by atoms with Gasteiger partial charge in [-0.3, -0.25) is 15.1 Å². The van der Waals surface area contributed by atoms with E-state index in [1.54, 1.807) is 12.4 Å². The van der Waals surface area contributed by atoms with Crippen molar-refractivity contribution >= 4 is 34.2 Å². The first-order chi connectivity index (χ1) is 15.0. The molecule has 0 atom stereocenters. The summed E-state index contributed by atoms with van der Waals surface area (Å²) in [4.78, 5) is 35.2. The first-order valence-electron chi connectivity index (χ1n) is 10.3. The molecule has 4 rings (SSSR count). The number of amides is 2. The number of likely N-dealkylation sites (N-methyl/N-ethyl adjacent to an activating group) is 2. The molecule has 11 heteroatoms. The Morgan fingerprint density at radius 2 is 1.94 bits per heavy atom. The average molecular weight is 429 g/mol. The highest BCUT2D eigenvalue weighted by Crippen LogP contribution is 2.35. The number of pyridine rings is 1. The Bertz CT molecular complexity index is 1010. The monoisotopic (exact) mass is 429 g/mol. The molecule has 0 unspecified atom stereocenters. The number of ether oxygens (including phenoxy) is 1. The number of nitrogens with one attached hydrogen (secondary N) is 4. The predicted molar refractivity (Wildman–Crippen MR) is 114 cm³/mol. The molecule has 0 spiro atoms. The fourth-order valence-electron chi connectivity index (χ4n) is 3.89. The van der Waals surface area contributed by atoms with E-state index in [4.69, 9.17) is 9.57 Å². The van der Waals surface area contributed by atoms with Gasteiger partial charge in [0.05, 0.1) is 23.0 Å². The molecular weight excluding hydrogens is 402 g/mol. The number of aryl methyl sites for hydroxylation is 1. The summed E-state index contributed by atoms with van der Waals surface area (Å²) in [6, 6.07) is 0.216. The predicted octanol–water partition coefficient (Wildman–Crippen LogP) is 0.149.